The molecule has 2 N–H and O–H groups in total. The molecule has 5 nitrogen and oxygen atoms in total. The summed E-state index contributed by atoms with van der Waals surface area (Å²) in [6.45, 7) is 1.45. The minimum Gasteiger partial charge on any atom is -0.347 e. The van der Waals surface area contributed by atoms with Crippen LogP contribution in [0.15, 0.2) is 53.1 Å². The Kier molecular flexibility index (Phi) is 7.75. The molecule has 31 heavy (non-hydrogen) atoms. The number of carbonyl (C=O) groups excluding carboxylic acids is 1. The second-order valence-electron chi connectivity index (χ2n) is 7.39. The van der Waals surface area contributed by atoms with Gasteiger partial charge in [0.05, 0.1) is 21.4 Å². The first-order valence-electron chi connectivity index (χ1n) is 9.68. The summed E-state index contributed by atoms with van der Waals surface area (Å²) in [6.07, 6.45) is 2.53. The van der Waals surface area contributed by atoms with Crippen molar-refractivity contribution in [1.29, 1.82) is 0 Å². The van der Waals surface area contributed by atoms with Gasteiger partial charge in [0, 0.05) is 36.7 Å². The average molecular weight is 528 g/mol. The van der Waals surface area contributed by atoms with Crippen LogP contribution in [0.25, 0.3) is 11.3 Å². The van der Waals surface area contributed by atoms with Crippen LogP contribution in [0.3, 0.4) is 0 Å². The van der Waals surface area contributed by atoms with Crippen LogP contribution in [0.5, 0.6) is 0 Å². The fourth-order valence-electron chi connectivity index (χ4n) is 3.96. The zero-order chi connectivity index (χ0) is 21.3. The molecule has 4 rings (SSSR count). The van der Waals surface area contributed by atoms with Gasteiger partial charge in [-0.1, -0.05) is 29.8 Å². The van der Waals surface area contributed by atoms with Crippen LogP contribution in [0.4, 0.5) is 4.39 Å². The van der Waals surface area contributed by atoms with E-state index in [-0.39, 0.29) is 36.1 Å². The van der Waals surface area contributed by atoms with Gasteiger partial charge in [0.1, 0.15) is 5.82 Å². The molecular formula is C22H22BrCl2FN4O. The Balaban J connectivity index is 0.00000272. The molecule has 9 heteroatoms. The molecule has 0 aliphatic carbocycles. The topological polar surface area (TPSA) is 59.0 Å². The van der Waals surface area contributed by atoms with E-state index < -0.39 is 0 Å². The fraction of sp³-hybridized carbons (Fsp3) is 0.273. The number of piperidine rings is 1. The first-order chi connectivity index (χ1) is 14.4. The summed E-state index contributed by atoms with van der Waals surface area (Å²) in [5.41, 5.74) is 3.01. The van der Waals surface area contributed by atoms with E-state index in [0.717, 1.165) is 34.3 Å². The summed E-state index contributed by atoms with van der Waals surface area (Å²) in [6, 6.07) is 11.7. The van der Waals surface area contributed by atoms with Crippen molar-refractivity contribution in [2.45, 2.75) is 18.4 Å². The third kappa shape index (κ3) is 5.12. The number of aromatic nitrogens is 2. The normalized spacial score (nSPS) is 18.3. The van der Waals surface area contributed by atoms with Crippen molar-refractivity contribution in [3.05, 3.63) is 75.1 Å². The van der Waals surface area contributed by atoms with Crippen molar-refractivity contribution in [2.75, 3.05) is 13.1 Å². The van der Waals surface area contributed by atoms with Crippen molar-refractivity contribution in [1.82, 2.24) is 20.4 Å². The van der Waals surface area contributed by atoms with E-state index in [9.17, 15) is 9.18 Å². The minimum absolute atomic E-state index is 0. The maximum absolute atomic E-state index is 13.7. The zero-order valence-electron chi connectivity index (χ0n) is 16.7. The lowest BCUT2D eigenvalue weighted by molar-refractivity contribution is 0.0924. The van der Waals surface area contributed by atoms with Gasteiger partial charge in [-0.2, -0.15) is 5.10 Å². The van der Waals surface area contributed by atoms with Crippen molar-refractivity contribution in [3.63, 3.8) is 0 Å². The van der Waals surface area contributed by atoms with Gasteiger partial charge < -0.3 is 10.6 Å². The maximum atomic E-state index is 13.7. The molecule has 0 unspecified atom stereocenters. The zero-order valence-corrected chi connectivity index (χ0v) is 19.9. The summed E-state index contributed by atoms with van der Waals surface area (Å²) in [5.74, 6) is -0.423. The Labute approximate surface area is 199 Å². The molecule has 2 aromatic carbocycles. The Morgan fingerprint density at radius 1 is 1.32 bits per heavy atom. The van der Waals surface area contributed by atoms with E-state index >= 15 is 0 Å². The highest BCUT2D eigenvalue weighted by Crippen LogP contribution is 2.33. The Morgan fingerprint density at radius 3 is 2.81 bits per heavy atom. The van der Waals surface area contributed by atoms with Gasteiger partial charge in [-0.25, -0.2) is 4.39 Å². The van der Waals surface area contributed by atoms with Gasteiger partial charge in [-0.05, 0) is 58.7 Å². The van der Waals surface area contributed by atoms with Crippen LogP contribution in [0.1, 0.15) is 28.3 Å². The van der Waals surface area contributed by atoms with Crippen LogP contribution in [0, 0.1) is 5.82 Å². The van der Waals surface area contributed by atoms with E-state index in [4.69, 9.17) is 11.6 Å². The number of benzene rings is 2. The van der Waals surface area contributed by atoms with Crippen molar-refractivity contribution >= 4 is 45.8 Å². The van der Waals surface area contributed by atoms with Crippen molar-refractivity contribution in [3.8, 4) is 11.3 Å². The number of hydrogen-bond acceptors (Lipinski definition) is 3. The van der Waals surface area contributed by atoms with Gasteiger partial charge in [0.2, 0.25) is 0 Å². The minimum atomic E-state index is -0.264. The molecule has 164 valence electrons. The summed E-state index contributed by atoms with van der Waals surface area (Å²) in [5, 5.41) is 11.1. The predicted molar refractivity (Wildman–Crippen MR) is 126 cm³/mol. The number of hydrogen-bond donors (Lipinski definition) is 2. The van der Waals surface area contributed by atoms with Gasteiger partial charge in [-0.15, -0.1) is 12.4 Å². The lowest BCUT2D eigenvalue weighted by Crippen LogP contribution is -2.50. The van der Waals surface area contributed by atoms with Crippen LogP contribution < -0.4 is 10.6 Å². The van der Waals surface area contributed by atoms with Crippen molar-refractivity contribution < 1.29 is 9.18 Å². The molecule has 1 aromatic heterocycles. The lowest BCUT2D eigenvalue weighted by atomic mass is 9.86. The number of nitrogens with one attached hydrogen (secondary N) is 2. The molecule has 0 saturated carbocycles. The van der Waals surface area contributed by atoms with Gasteiger partial charge in [0.15, 0.2) is 0 Å². The van der Waals surface area contributed by atoms with E-state index in [2.05, 4.69) is 31.7 Å². The molecule has 2 atom stereocenters. The molecule has 0 spiro atoms. The number of carbonyl (C=O) groups is 1. The molecule has 2 heterocycles. The second kappa shape index (κ2) is 10.1. The van der Waals surface area contributed by atoms with E-state index in [0.29, 0.717) is 17.1 Å². The SMILES string of the molecule is Cl.Cn1ncc(Br)c1-c1ccc(C(=O)N[C@@H]2CNCC[C@H]2c2cccc(F)c2)cc1Cl. The predicted octanol–water partition coefficient (Wildman–Crippen LogP) is 4.94. The Hall–Kier alpha value is -1.93. The molecular weight excluding hydrogens is 506 g/mol. The molecule has 1 saturated heterocycles. The summed E-state index contributed by atoms with van der Waals surface area (Å²) in [4.78, 5) is 12.9. The first kappa shape index (κ1) is 23.7. The highest BCUT2D eigenvalue weighted by molar-refractivity contribution is 9.10. The average Bonchev–Trinajstić information content (AvgIpc) is 3.06. The summed E-state index contributed by atoms with van der Waals surface area (Å²) < 4.78 is 16.3. The highest BCUT2D eigenvalue weighted by atomic mass is 79.9. The standard InChI is InChI=1S/C22H21BrClFN4O.ClH/c1-29-21(18(23)11-27-29)17-6-5-14(10-19(17)24)22(30)28-20-12-26-8-7-16(20)13-3-2-4-15(25)9-13;/h2-6,9-11,16,20,26H,7-8,12H2,1H3,(H,28,30);1H/t16-,20+;/m0./s1. The van der Waals surface area contributed by atoms with Crippen LogP contribution in [0.2, 0.25) is 5.02 Å². The molecule has 0 bridgehead atoms. The van der Waals surface area contributed by atoms with Gasteiger partial charge in [0.25, 0.3) is 5.91 Å². The quantitative estimate of drug-likeness (QED) is 0.505. The third-order valence-corrected chi connectivity index (χ3v) is 6.35. The van der Waals surface area contributed by atoms with Crippen LogP contribution in [-0.2, 0) is 7.05 Å². The van der Waals surface area contributed by atoms with Crippen molar-refractivity contribution in [2.24, 2.45) is 7.05 Å². The summed E-state index contributed by atoms with van der Waals surface area (Å²) >= 11 is 9.98. The fourth-order valence-corrected chi connectivity index (χ4v) is 4.79. The molecule has 0 radical (unpaired) electrons. The number of rotatable bonds is 4. The van der Waals surface area contributed by atoms with Gasteiger partial charge in [-0.3, -0.25) is 9.48 Å². The Bertz CT molecular complexity index is 1070. The molecule has 1 aliphatic heterocycles. The third-order valence-electron chi connectivity index (χ3n) is 5.46. The lowest BCUT2D eigenvalue weighted by Gasteiger charge is -2.33. The smallest absolute Gasteiger partial charge is 0.251 e. The Morgan fingerprint density at radius 2 is 2.13 bits per heavy atom. The highest BCUT2D eigenvalue weighted by Gasteiger charge is 2.28. The van der Waals surface area contributed by atoms with E-state index in [1.807, 2.05) is 19.2 Å². The van der Waals surface area contributed by atoms with E-state index in [1.54, 1.807) is 35.1 Å². The largest absolute Gasteiger partial charge is 0.347 e. The monoisotopic (exact) mass is 526 g/mol. The number of amides is 1. The number of nitrogens with zero attached hydrogens (tertiary/aromatic N) is 2. The number of halogens is 4. The summed E-state index contributed by atoms with van der Waals surface area (Å²) in [7, 11) is 1.83. The van der Waals surface area contributed by atoms with Gasteiger partial charge >= 0.3 is 0 Å². The molecule has 1 fully saturated rings. The molecule has 1 aliphatic rings. The van der Waals surface area contributed by atoms with E-state index in [1.165, 1.54) is 6.07 Å². The number of aryl methyl sites for hydroxylation is 1. The molecule has 3 aromatic rings. The van der Waals surface area contributed by atoms with Crippen LogP contribution >= 0.6 is 39.9 Å². The molecule has 1 amide bonds. The first-order valence-corrected chi connectivity index (χ1v) is 10.9. The maximum Gasteiger partial charge on any atom is 0.251 e. The second-order valence-corrected chi connectivity index (χ2v) is 8.66. The van der Waals surface area contributed by atoms with Crippen LogP contribution in [-0.4, -0.2) is 34.8 Å².